The van der Waals surface area contributed by atoms with Gasteiger partial charge in [0.05, 0.1) is 0 Å². The Bertz CT molecular complexity index is 436. The van der Waals surface area contributed by atoms with E-state index in [1.54, 1.807) is 0 Å². The Morgan fingerprint density at radius 2 is 2.00 bits per heavy atom. The lowest BCUT2D eigenvalue weighted by atomic mass is 9.84. The first-order valence-corrected chi connectivity index (χ1v) is 8.18. The Hall–Kier alpha value is -0.940. The summed E-state index contributed by atoms with van der Waals surface area (Å²) < 4.78 is 11.4. The predicted molar refractivity (Wildman–Crippen MR) is 81.8 cm³/mol. The van der Waals surface area contributed by atoms with E-state index in [9.17, 15) is 0 Å². The minimum atomic E-state index is -0.302. The SMILES string of the molecule is CCOC1(c2noc(CCC(C)(C)CCN)n2)CCCC1. The molecule has 0 aliphatic heterocycles. The molecule has 5 nitrogen and oxygen atoms in total. The van der Waals surface area contributed by atoms with E-state index in [-0.39, 0.29) is 11.0 Å². The average molecular weight is 295 g/mol. The Kier molecular flexibility index (Phi) is 5.38. The van der Waals surface area contributed by atoms with Crippen LogP contribution in [0.3, 0.4) is 0 Å². The molecule has 0 saturated heterocycles. The van der Waals surface area contributed by atoms with Crippen molar-refractivity contribution in [1.82, 2.24) is 10.1 Å². The number of nitrogens with two attached hydrogens (primary N) is 1. The molecule has 1 aliphatic rings. The molecule has 2 rings (SSSR count). The zero-order chi connectivity index (χ0) is 15.3. The van der Waals surface area contributed by atoms with Gasteiger partial charge in [-0.3, -0.25) is 0 Å². The second kappa shape index (κ2) is 6.88. The number of ether oxygens (including phenoxy) is 1. The van der Waals surface area contributed by atoms with Crippen molar-refractivity contribution in [2.45, 2.75) is 71.3 Å². The molecular formula is C16H29N3O2. The minimum absolute atomic E-state index is 0.217. The number of aromatic nitrogens is 2. The molecule has 21 heavy (non-hydrogen) atoms. The molecule has 0 amide bonds. The summed E-state index contributed by atoms with van der Waals surface area (Å²) in [5.74, 6) is 1.47. The van der Waals surface area contributed by atoms with E-state index >= 15 is 0 Å². The highest BCUT2D eigenvalue weighted by Crippen LogP contribution is 2.40. The van der Waals surface area contributed by atoms with Gasteiger partial charge in [-0.05, 0) is 57.4 Å². The van der Waals surface area contributed by atoms with Crippen LogP contribution in [-0.2, 0) is 16.8 Å². The molecule has 1 aromatic rings. The van der Waals surface area contributed by atoms with Crippen molar-refractivity contribution in [2.75, 3.05) is 13.2 Å². The van der Waals surface area contributed by atoms with E-state index in [0.29, 0.717) is 6.61 Å². The minimum Gasteiger partial charge on any atom is -0.367 e. The molecule has 0 aromatic carbocycles. The van der Waals surface area contributed by atoms with Crippen LogP contribution in [0.5, 0.6) is 0 Å². The van der Waals surface area contributed by atoms with E-state index < -0.39 is 0 Å². The van der Waals surface area contributed by atoms with Crippen molar-refractivity contribution in [3.8, 4) is 0 Å². The molecule has 0 radical (unpaired) electrons. The van der Waals surface area contributed by atoms with Gasteiger partial charge in [-0.1, -0.05) is 19.0 Å². The van der Waals surface area contributed by atoms with Gasteiger partial charge in [0, 0.05) is 13.0 Å². The third-order valence-electron chi connectivity index (χ3n) is 4.54. The van der Waals surface area contributed by atoms with Crippen molar-refractivity contribution in [1.29, 1.82) is 0 Å². The largest absolute Gasteiger partial charge is 0.367 e. The summed E-state index contributed by atoms with van der Waals surface area (Å²) >= 11 is 0. The van der Waals surface area contributed by atoms with E-state index in [1.165, 1.54) is 12.8 Å². The van der Waals surface area contributed by atoms with Crippen LogP contribution in [0.1, 0.15) is 71.0 Å². The van der Waals surface area contributed by atoms with Crippen molar-refractivity contribution < 1.29 is 9.26 Å². The fourth-order valence-corrected chi connectivity index (χ4v) is 3.16. The van der Waals surface area contributed by atoms with Gasteiger partial charge in [-0.25, -0.2) is 0 Å². The van der Waals surface area contributed by atoms with Crippen molar-refractivity contribution in [2.24, 2.45) is 11.1 Å². The Balaban J connectivity index is 2.00. The standard InChI is InChI=1S/C16H29N3O2/c1-4-20-16(8-5-6-9-16)14-18-13(21-19-14)7-10-15(2,3)11-12-17/h4-12,17H2,1-3H3. The van der Waals surface area contributed by atoms with Crippen molar-refractivity contribution >= 4 is 0 Å². The lowest BCUT2D eigenvalue weighted by Crippen LogP contribution is -2.27. The highest BCUT2D eigenvalue weighted by molar-refractivity contribution is 5.04. The summed E-state index contributed by atoms with van der Waals surface area (Å²) in [4.78, 5) is 4.61. The maximum absolute atomic E-state index is 5.97. The van der Waals surface area contributed by atoms with Crippen LogP contribution in [0.25, 0.3) is 0 Å². The lowest BCUT2D eigenvalue weighted by Gasteiger charge is -2.24. The van der Waals surface area contributed by atoms with Gasteiger partial charge in [0.1, 0.15) is 5.60 Å². The van der Waals surface area contributed by atoms with Gasteiger partial charge in [-0.15, -0.1) is 0 Å². The number of rotatable bonds is 8. The molecule has 1 fully saturated rings. The van der Waals surface area contributed by atoms with Gasteiger partial charge in [0.2, 0.25) is 11.7 Å². The summed E-state index contributed by atoms with van der Waals surface area (Å²) in [6, 6.07) is 0. The molecule has 0 unspecified atom stereocenters. The molecule has 2 N–H and O–H groups in total. The predicted octanol–water partition coefficient (Wildman–Crippen LogP) is 3.18. The molecule has 1 saturated carbocycles. The van der Waals surface area contributed by atoms with Gasteiger partial charge in [0.15, 0.2) is 0 Å². The molecule has 0 spiro atoms. The molecule has 0 bridgehead atoms. The van der Waals surface area contributed by atoms with Crippen LogP contribution in [0.15, 0.2) is 4.52 Å². The smallest absolute Gasteiger partial charge is 0.226 e. The summed E-state index contributed by atoms with van der Waals surface area (Å²) in [7, 11) is 0. The molecule has 1 aliphatic carbocycles. The van der Waals surface area contributed by atoms with Crippen LogP contribution < -0.4 is 5.73 Å². The lowest BCUT2D eigenvalue weighted by molar-refractivity contribution is -0.0469. The highest BCUT2D eigenvalue weighted by Gasteiger charge is 2.40. The molecule has 1 aromatic heterocycles. The van der Waals surface area contributed by atoms with E-state index in [2.05, 4.69) is 24.0 Å². The van der Waals surface area contributed by atoms with Crippen LogP contribution in [0, 0.1) is 5.41 Å². The molecule has 120 valence electrons. The first-order valence-electron chi connectivity index (χ1n) is 8.18. The second-order valence-electron chi connectivity index (χ2n) is 6.85. The zero-order valence-corrected chi connectivity index (χ0v) is 13.7. The Labute approximate surface area is 127 Å². The monoisotopic (exact) mass is 295 g/mol. The quantitative estimate of drug-likeness (QED) is 0.797. The number of hydrogen-bond donors (Lipinski definition) is 1. The normalized spacial score (nSPS) is 18.3. The molecule has 5 heteroatoms. The van der Waals surface area contributed by atoms with Gasteiger partial charge in [0.25, 0.3) is 0 Å². The highest BCUT2D eigenvalue weighted by atomic mass is 16.5. The van der Waals surface area contributed by atoms with Gasteiger partial charge < -0.3 is 15.0 Å². The van der Waals surface area contributed by atoms with Crippen molar-refractivity contribution in [3.63, 3.8) is 0 Å². The zero-order valence-electron chi connectivity index (χ0n) is 13.7. The Morgan fingerprint density at radius 1 is 1.29 bits per heavy atom. The van der Waals surface area contributed by atoms with Gasteiger partial charge >= 0.3 is 0 Å². The van der Waals surface area contributed by atoms with Crippen LogP contribution in [0.4, 0.5) is 0 Å². The fourth-order valence-electron chi connectivity index (χ4n) is 3.16. The fraction of sp³-hybridized carbons (Fsp3) is 0.875. The van der Waals surface area contributed by atoms with E-state index in [1.807, 2.05) is 6.92 Å². The maximum atomic E-state index is 5.97. The first kappa shape index (κ1) is 16.4. The van der Waals surface area contributed by atoms with Crippen LogP contribution in [0.2, 0.25) is 0 Å². The van der Waals surface area contributed by atoms with Gasteiger partial charge in [-0.2, -0.15) is 4.98 Å². The molecular weight excluding hydrogens is 266 g/mol. The molecule has 0 atom stereocenters. The summed E-state index contributed by atoms with van der Waals surface area (Å²) in [5.41, 5.74) is 5.57. The van der Waals surface area contributed by atoms with E-state index in [0.717, 1.165) is 50.4 Å². The summed E-state index contributed by atoms with van der Waals surface area (Å²) in [5, 5.41) is 4.20. The maximum Gasteiger partial charge on any atom is 0.226 e. The molecule has 1 heterocycles. The second-order valence-corrected chi connectivity index (χ2v) is 6.85. The summed E-state index contributed by atoms with van der Waals surface area (Å²) in [6.45, 7) is 7.89. The number of aryl methyl sites for hydroxylation is 1. The average Bonchev–Trinajstić information content (AvgIpc) is 3.06. The first-order chi connectivity index (χ1) is 10.0. The Morgan fingerprint density at radius 3 is 2.62 bits per heavy atom. The van der Waals surface area contributed by atoms with Crippen molar-refractivity contribution in [3.05, 3.63) is 11.7 Å². The van der Waals surface area contributed by atoms with Crippen LogP contribution in [-0.4, -0.2) is 23.3 Å². The van der Waals surface area contributed by atoms with Crippen LogP contribution >= 0.6 is 0 Å². The third kappa shape index (κ3) is 4.04. The summed E-state index contributed by atoms with van der Waals surface area (Å²) in [6.07, 6.45) is 7.17. The topological polar surface area (TPSA) is 74.2 Å². The van der Waals surface area contributed by atoms with E-state index in [4.69, 9.17) is 15.0 Å². The third-order valence-corrected chi connectivity index (χ3v) is 4.54. The number of hydrogen-bond acceptors (Lipinski definition) is 5. The number of nitrogens with zero attached hydrogens (tertiary/aromatic N) is 2.